The Kier molecular flexibility index (Phi) is 5.55. The molecule has 0 saturated heterocycles. The van der Waals surface area contributed by atoms with E-state index in [0.717, 1.165) is 11.3 Å². The highest BCUT2D eigenvalue weighted by Gasteiger charge is 2.14. The number of rotatable bonds is 5. The second-order valence-electron chi connectivity index (χ2n) is 5.59. The first kappa shape index (κ1) is 18.2. The van der Waals surface area contributed by atoms with Gasteiger partial charge in [0, 0.05) is 22.3 Å². The van der Waals surface area contributed by atoms with Gasteiger partial charge in [-0.3, -0.25) is 10.2 Å². The van der Waals surface area contributed by atoms with Crippen LogP contribution in [-0.4, -0.2) is 21.5 Å². The molecule has 1 N–H and O–H groups in total. The summed E-state index contributed by atoms with van der Waals surface area (Å²) in [5.41, 5.74) is 5.11. The van der Waals surface area contributed by atoms with Crippen LogP contribution in [0.2, 0.25) is 5.02 Å². The van der Waals surface area contributed by atoms with E-state index >= 15 is 0 Å². The van der Waals surface area contributed by atoms with Crippen LogP contribution in [0, 0.1) is 18.3 Å². The summed E-state index contributed by atoms with van der Waals surface area (Å²) in [6.07, 6.45) is 1.69. The highest BCUT2D eigenvalue weighted by atomic mass is 35.5. The fraction of sp³-hybridized carbons (Fsp3) is 0.0500. The number of hydrazone groups is 1. The molecule has 0 saturated carbocycles. The van der Waals surface area contributed by atoms with Crippen molar-refractivity contribution < 1.29 is 4.79 Å². The van der Waals surface area contributed by atoms with E-state index in [4.69, 9.17) is 11.6 Å². The van der Waals surface area contributed by atoms with Gasteiger partial charge in [-0.1, -0.05) is 23.7 Å². The van der Waals surface area contributed by atoms with Crippen molar-refractivity contribution in [3.8, 4) is 17.3 Å². The molecule has 3 aromatic rings. The van der Waals surface area contributed by atoms with Crippen LogP contribution in [0.4, 0.5) is 5.69 Å². The Morgan fingerprint density at radius 2 is 1.96 bits per heavy atom. The monoisotopic (exact) mass is 375 g/mol. The summed E-state index contributed by atoms with van der Waals surface area (Å²) in [6, 6.07) is 17.2. The number of nitriles is 1. The Hall–Kier alpha value is -3.56. The fourth-order valence-electron chi connectivity index (χ4n) is 2.35. The molecule has 3 rings (SSSR count). The van der Waals surface area contributed by atoms with Crippen LogP contribution in [0.3, 0.4) is 0 Å². The topological polar surface area (TPSA) is 91.0 Å². The number of anilines is 1. The van der Waals surface area contributed by atoms with Crippen molar-refractivity contribution in [2.45, 2.75) is 6.92 Å². The summed E-state index contributed by atoms with van der Waals surface area (Å²) < 4.78 is 0. The van der Waals surface area contributed by atoms with Crippen molar-refractivity contribution >= 4 is 28.8 Å². The molecule has 0 atom stereocenters. The number of ketones is 1. The van der Waals surface area contributed by atoms with Crippen molar-refractivity contribution in [2.24, 2.45) is 5.10 Å². The smallest absolute Gasteiger partial charge is 0.223 e. The van der Waals surface area contributed by atoms with Crippen molar-refractivity contribution in [3.63, 3.8) is 0 Å². The molecule has 2 aromatic carbocycles. The summed E-state index contributed by atoms with van der Waals surface area (Å²) >= 11 is 5.82. The van der Waals surface area contributed by atoms with Gasteiger partial charge in [-0.25, -0.2) is 9.97 Å². The predicted octanol–water partition coefficient (Wildman–Crippen LogP) is 4.28. The average Bonchev–Trinajstić information content (AvgIpc) is 2.69. The lowest BCUT2D eigenvalue weighted by Gasteiger charge is -2.05. The van der Waals surface area contributed by atoms with E-state index in [1.165, 1.54) is 0 Å². The first-order chi connectivity index (χ1) is 13.1. The zero-order chi connectivity index (χ0) is 19.2. The normalized spacial score (nSPS) is 10.9. The first-order valence-electron chi connectivity index (χ1n) is 8.01. The molecule has 132 valence electrons. The molecule has 7 heteroatoms. The van der Waals surface area contributed by atoms with E-state index < -0.39 is 5.78 Å². The molecule has 0 aliphatic carbocycles. The molecule has 0 aliphatic heterocycles. The number of hydrogen-bond donors (Lipinski definition) is 1. The number of nitrogens with zero attached hydrogens (tertiary/aromatic N) is 4. The third kappa shape index (κ3) is 4.54. The SMILES string of the molecule is Cc1nccc(-c2cccc(NN=C(C#N)C(=O)c3ccc(Cl)cc3)c2)n1. The maximum Gasteiger partial charge on any atom is 0.223 e. The van der Waals surface area contributed by atoms with Crippen LogP contribution in [0.5, 0.6) is 0 Å². The van der Waals surface area contributed by atoms with Crippen LogP contribution in [0.1, 0.15) is 16.2 Å². The third-order valence-electron chi connectivity index (χ3n) is 3.66. The van der Waals surface area contributed by atoms with E-state index in [1.54, 1.807) is 42.6 Å². The van der Waals surface area contributed by atoms with E-state index in [2.05, 4.69) is 20.5 Å². The first-order valence-corrected chi connectivity index (χ1v) is 8.39. The zero-order valence-corrected chi connectivity index (χ0v) is 15.1. The number of benzene rings is 2. The number of carbonyl (C=O) groups excluding carboxylic acids is 1. The average molecular weight is 376 g/mol. The molecule has 0 spiro atoms. The molecular formula is C20H14ClN5O. The van der Waals surface area contributed by atoms with Crippen molar-refractivity contribution in [2.75, 3.05) is 5.43 Å². The highest BCUT2D eigenvalue weighted by Crippen LogP contribution is 2.20. The Morgan fingerprint density at radius 1 is 1.19 bits per heavy atom. The Balaban J connectivity index is 1.82. The summed E-state index contributed by atoms with van der Waals surface area (Å²) in [7, 11) is 0. The van der Waals surface area contributed by atoms with Gasteiger partial charge in [0.15, 0.2) is 0 Å². The standard InChI is InChI=1S/C20H14ClN5O/c1-13-23-10-9-18(24-13)15-3-2-4-17(11-15)25-26-19(12-22)20(27)14-5-7-16(21)8-6-14/h2-11,25H,1H3. The largest absolute Gasteiger partial charge is 0.286 e. The van der Waals surface area contributed by atoms with Gasteiger partial charge in [0.2, 0.25) is 11.5 Å². The van der Waals surface area contributed by atoms with Crippen LogP contribution in [0.25, 0.3) is 11.3 Å². The third-order valence-corrected chi connectivity index (χ3v) is 3.91. The summed E-state index contributed by atoms with van der Waals surface area (Å²) in [5, 5.41) is 13.7. The lowest BCUT2D eigenvalue weighted by Crippen LogP contribution is -2.14. The van der Waals surface area contributed by atoms with Gasteiger partial charge >= 0.3 is 0 Å². The zero-order valence-electron chi connectivity index (χ0n) is 14.3. The van der Waals surface area contributed by atoms with Gasteiger partial charge in [-0.2, -0.15) is 10.4 Å². The van der Waals surface area contributed by atoms with Gasteiger partial charge in [-0.15, -0.1) is 0 Å². The summed E-state index contributed by atoms with van der Waals surface area (Å²) in [6.45, 7) is 1.82. The predicted molar refractivity (Wildman–Crippen MR) is 105 cm³/mol. The minimum Gasteiger partial charge on any atom is -0.286 e. The molecule has 0 radical (unpaired) electrons. The van der Waals surface area contributed by atoms with Crippen LogP contribution < -0.4 is 5.43 Å². The minimum absolute atomic E-state index is 0.249. The molecule has 0 amide bonds. The van der Waals surface area contributed by atoms with Gasteiger partial charge < -0.3 is 0 Å². The van der Waals surface area contributed by atoms with Gasteiger partial charge in [-0.05, 0) is 49.4 Å². The number of hydrogen-bond acceptors (Lipinski definition) is 6. The molecule has 0 unspecified atom stereocenters. The van der Waals surface area contributed by atoms with Crippen molar-refractivity contribution in [1.29, 1.82) is 5.26 Å². The number of carbonyl (C=O) groups is 1. The summed E-state index contributed by atoms with van der Waals surface area (Å²) in [5.74, 6) is 0.188. The fourth-order valence-corrected chi connectivity index (χ4v) is 2.48. The van der Waals surface area contributed by atoms with Crippen LogP contribution in [0.15, 0.2) is 65.9 Å². The van der Waals surface area contributed by atoms with E-state index in [0.29, 0.717) is 22.1 Å². The summed E-state index contributed by atoms with van der Waals surface area (Å²) in [4.78, 5) is 20.8. The Labute approximate surface area is 161 Å². The van der Waals surface area contributed by atoms with Crippen molar-refractivity contribution in [3.05, 3.63) is 77.2 Å². The van der Waals surface area contributed by atoms with E-state index in [1.807, 2.05) is 31.2 Å². The quantitative estimate of drug-likeness (QED) is 0.408. The van der Waals surface area contributed by atoms with Gasteiger partial charge in [0.1, 0.15) is 11.9 Å². The molecular weight excluding hydrogens is 362 g/mol. The second-order valence-corrected chi connectivity index (χ2v) is 6.03. The maximum absolute atomic E-state index is 12.4. The molecule has 0 fully saturated rings. The molecule has 0 aliphatic rings. The Morgan fingerprint density at radius 3 is 2.67 bits per heavy atom. The molecule has 1 aromatic heterocycles. The number of halogens is 1. The Bertz CT molecular complexity index is 1050. The number of nitrogens with one attached hydrogen (secondary N) is 1. The number of aromatic nitrogens is 2. The van der Waals surface area contributed by atoms with E-state index in [-0.39, 0.29) is 5.71 Å². The number of aryl methyl sites for hydroxylation is 1. The van der Waals surface area contributed by atoms with Crippen LogP contribution in [-0.2, 0) is 0 Å². The molecule has 1 heterocycles. The van der Waals surface area contributed by atoms with Gasteiger partial charge in [0.05, 0.1) is 11.4 Å². The van der Waals surface area contributed by atoms with Crippen LogP contribution >= 0.6 is 11.6 Å². The maximum atomic E-state index is 12.4. The number of Topliss-reactive ketones (excluding diaryl/α,β-unsaturated/α-hetero) is 1. The van der Waals surface area contributed by atoms with Gasteiger partial charge in [0.25, 0.3) is 0 Å². The lowest BCUT2D eigenvalue weighted by atomic mass is 10.1. The second kappa shape index (κ2) is 8.21. The molecule has 0 bridgehead atoms. The van der Waals surface area contributed by atoms with E-state index in [9.17, 15) is 10.1 Å². The molecule has 27 heavy (non-hydrogen) atoms. The lowest BCUT2D eigenvalue weighted by molar-refractivity contribution is 0.106. The molecule has 6 nitrogen and oxygen atoms in total. The highest BCUT2D eigenvalue weighted by molar-refractivity contribution is 6.51. The van der Waals surface area contributed by atoms with Crippen molar-refractivity contribution in [1.82, 2.24) is 9.97 Å². The minimum atomic E-state index is -0.482.